The van der Waals surface area contributed by atoms with Gasteiger partial charge in [0.25, 0.3) is 0 Å². The summed E-state index contributed by atoms with van der Waals surface area (Å²) in [4.78, 5) is 15.4. The molecule has 0 amide bonds. The lowest BCUT2D eigenvalue weighted by Crippen LogP contribution is -2.26. The van der Waals surface area contributed by atoms with Crippen LogP contribution < -0.4 is 0 Å². The summed E-state index contributed by atoms with van der Waals surface area (Å²) >= 11 is 1.80. The molecule has 0 aliphatic heterocycles. The lowest BCUT2D eigenvalue weighted by molar-refractivity contribution is 0.796. The molecule has 0 bridgehead atoms. The fourth-order valence-corrected chi connectivity index (χ4v) is 11.5. The molecule has 9 aromatic carbocycles. The van der Waals surface area contributed by atoms with Gasteiger partial charge in [-0.2, -0.15) is 0 Å². The van der Waals surface area contributed by atoms with E-state index in [0.29, 0.717) is 17.5 Å². The zero-order valence-corrected chi connectivity index (χ0v) is 34.3. The quantitative estimate of drug-likeness (QED) is 0.174. The van der Waals surface area contributed by atoms with E-state index in [1.807, 2.05) is 18.2 Å². The Morgan fingerprint density at radius 2 is 0.742 bits per heavy atom. The predicted molar refractivity (Wildman–Crippen MR) is 256 cm³/mol. The van der Waals surface area contributed by atoms with Crippen LogP contribution in [0.1, 0.15) is 22.3 Å². The average molecular weight is 806 g/mol. The van der Waals surface area contributed by atoms with Crippen molar-refractivity contribution in [3.8, 4) is 78.7 Å². The SMILES string of the molecule is c1ccc(-c2nc(-c3cccc(-c4cccc(-c5cccc6c5C5(c7ccccc7-c7ccccc75)c5ccccc5-6)c4)c3)nc(-c3ccc4c(c3)sc3ccccc34)n2)cc1. The highest BCUT2D eigenvalue weighted by molar-refractivity contribution is 7.25. The van der Waals surface area contributed by atoms with E-state index < -0.39 is 5.41 Å². The van der Waals surface area contributed by atoms with E-state index in [1.165, 1.54) is 75.8 Å². The molecule has 288 valence electrons. The van der Waals surface area contributed by atoms with Crippen LogP contribution in [0.25, 0.3) is 98.8 Å². The number of rotatable bonds is 5. The van der Waals surface area contributed by atoms with E-state index in [4.69, 9.17) is 15.0 Å². The first kappa shape index (κ1) is 35.0. The molecule has 2 aliphatic carbocycles. The maximum atomic E-state index is 5.18. The van der Waals surface area contributed by atoms with Gasteiger partial charge in [-0.1, -0.05) is 188 Å². The van der Waals surface area contributed by atoms with Gasteiger partial charge in [-0.05, 0) is 91.0 Å². The number of hydrogen-bond acceptors (Lipinski definition) is 4. The molecule has 0 atom stereocenters. The van der Waals surface area contributed by atoms with Crippen molar-refractivity contribution in [1.29, 1.82) is 0 Å². The standard InChI is InChI=1S/C58H35N3S/c1-2-15-36(16-3-1)55-59-56(61-57(60-55)41-31-32-47-46-24-7-11-30-52(46)62-53(47)35-41)40-20-13-18-38(34-40)37-17-12-19-39(33-37)42-25-14-26-48-45-23-6-10-29-51(45)58(54(42)48)49-27-8-4-21-43(49)44-22-5-9-28-50(44)58/h1-35H. The molecule has 0 fully saturated rings. The van der Waals surface area contributed by atoms with Crippen LogP contribution in [0.15, 0.2) is 212 Å². The Bertz CT molecular complexity index is 3540. The molecular weight excluding hydrogens is 771 g/mol. The second-order valence-corrected chi connectivity index (χ2v) is 17.3. The summed E-state index contributed by atoms with van der Waals surface area (Å²) in [5.74, 6) is 1.95. The molecular formula is C58H35N3S. The summed E-state index contributed by atoms with van der Waals surface area (Å²) in [5, 5.41) is 2.52. The van der Waals surface area contributed by atoms with Crippen LogP contribution in [-0.2, 0) is 5.41 Å². The van der Waals surface area contributed by atoms with Gasteiger partial charge in [0.15, 0.2) is 17.5 Å². The highest BCUT2D eigenvalue weighted by atomic mass is 32.1. The number of benzene rings is 9. The minimum Gasteiger partial charge on any atom is -0.208 e. The monoisotopic (exact) mass is 805 g/mol. The van der Waals surface area contributed by atoms with Gasteiger partial charge in [0.2, 0.25) is 0 Å². The van der Waals surface area contributed by atoms with Crippen molar-refractivity contribution in [2.24, 2.45) is 0 Å². The first-order valence-electron chi connectivity index (χ1n) is 21.1. The minimum absolute atomic E-state index is 0.431. The summed E-state index contributed by atoms with van der Waals surface area (Å²) in [6.45, 7) is 0. The molecule has 0 radical (unpaired) electrons. The minimum atomic E-state index is -0.431. The van der Waals surface area contributed by atoms with Crippen molar-refractivity contribution in [3.05, 3.63) is 235 Å². The van der Waals surface area contributed by atoms with Gasteiger partial charge in [0, 0.05) is 36.9 Å². The fourth-order valence-electron chi connectivity index (χ4n) is 10.3. The van der Waals surface area contributed by atoms with Gasteiger partial charge in [0.1, 0.15) is 0 Å². The largest absolute Gasteiger partial charge is 0.208 e. The van der Waals surface area contributed by atoms with Crippen LogP contribution in [0.5, 0.6) is 0 Å². The highest BCUT2D eigenvalue weighted by Gasteiger charge is 2.52. The number of nitrogens with zero attached hydrogens (tertiary/aromatic N) is 3. The van der Waals surface area contributed by atoms with E-state index in [9.17, 15) is 0 Å². The molecule has 3 nitrogen and oxygen atoms in total. The lowest BCUT2D eigenvalue weighted by atomic mass is 9.68. The molecule has 62 heavy (non-hydrogen) atoms. The van der Waals surface area contributed by atoms with Gasteiger partial charge in [-0.25, -0.2) is 15.0 Å². The molecule has 13 rings (SSSR count). The third-order valence-electron chi connectivity index (χ3n) is 12.9. The Labute approximate surface area is 363 Å². The smallest absolute Gasteiger partial charge is 0.164 e. The molecule has 0 N–H and O–H groups in total. The third kappa shape index (κ3) is 5.14. The molecule has 2 aliphatic rings. The van der Waals surface area contributed by atoms with Crippen molar-refractivity contribution in [2.45, 2.75) is 5.41 Å². The van der Waals surface area contributed by atoms with Crippen molar-refractivity contribution in [2.75, 3.05) is 0 Å². The van der Waals surface area contributed by atoms with Gasteiger partial charge in [-0.3, -0.25) is 0 Å². The van der Waals surface area contributed by atoms with Crippen LogP contribution in [0.3, 0.4) is 0 Å². The predicted octanol–water partition coefficient (Wildman–Crippen LogP) is 14.9. The second-order valence-electron chi connectivity index (χ2n) is 16.3. The summed E-state index contributed by atoms with van der Waals surface area (Å²) in [6, 6.07) is 76.9. The van der Waals surface area contributed by atoms with E-state index in [0.717, 1.165) is 27.8 Å². The Hall–Kier alpha value is -7.79. The van der Waals surface area contributed by atoms with Crippen LogP contribution in [-0.4, -0.2) is 15.0 Å². The Morgan fingerprint density at radius 1 is 0.290 bits per heavy atom. The molecule has 0 saturated heterocycles. The fraction of sp³-hybridized carbons (Fsp3) is 0.0172. The first-order valence-corrected chi connectivity index (χ1v) is 21.9. The lowest BCUT2D eigenvalue weighted by Gasteiger charge is -2.32. The summed E-state index contributed by atoms with van der Waals surface area (Å²) in [5.41, 5.74) is 17.7. The van der Waals surface area contributed by atoms with E-state index >= 15 is 0 Å². The summed E-state index contributed by atoms with van der Waals surface area (Å²) in [6.07, 6.45) is 0. The normalized spacial score (nSPS) is 13.0. The van der Waals surface area contributed by atoms with Gasteiger partial charge in [-0.15, -0.1) is 11.3 Å². The average Bonchev–Trinajstić information content (AvgIpc) is 3.98. The highest BCUT2D eigenvalue weighted by Crippen LogP contribution is 2.64. The Balaban J connectivity index is 0.947. The van der Waals surface area contributed by atoms with Crippen LogP contribution in [0.2, 0.25) is 0 Å². The van der Waals surface area contributed by atoms with Gasteiger partial charge >= 0.3 is 0 Å². The number of fused-ring (bicyclic) bond motifs is 13. The molecule has 11 aromatic rings. The topological polar surface area (TPSA) is 38.7 Å². The van der Waals surface area contributed by atoms with Crippen molar-refractivity contribution in [1.82, 2.24) is 15.0 Å². The molecule has 0 unspecified atom stereocenters. The molecule has 2 aromatic heterocycles. The summed E-state index contributed by atoms with van der Waals surface area (Å²) < 4.78 is 2.49. The first-order chi connectivity index (χ1) is 30.7. The zero-order valence-electron chi connectivity index (χ0n) is 33.5. The van der Waals surface area contributed by atoms with E-state index in [-0.39, 0.29) is 0 Å². The van der Waals surface area contributed by atoms with Crippen LogP contribution in [0, 0.1) is 0 Å². The van der Waals surface area contributed by atoms with Gasteiger partial charge < -0.3 is 0 Å². The van der Waals surface area contributed by atoms with Crippen molar-refractivity contribution in [3.63, 3.8) is 0 Å². The van der Waals surface area contributed by atoms with Crippen molar-refractivity contribution >= 4 is 31.5 Å². The maximum Gasteiger partial charge on any atom is 0.164 e. The van der Waals surface area contributed by atoms with Crippen LogP contribution in [0.4, 0.5) is 0 Å². The molecule has 1 spiro atoms. The van der Waals surface area contributed by atoms with Crippen molar-refractivity contribution < 1.29 is 0 Å². The third-order valence-corrected chi connectivity index (χ3v) is 14.1. The van der Waals surface area contributed by atoms with E-state index in [1.54, 1.807) is 11.3 Å². The molecule has 0 saturated carbocycles. The molecule has 4 heteroatoms. The molecule has 2 heterocycles. The maximum absolute atomic E-state index is 5.18. The van der Waals surface area contributed by atoms with Crippen LogP contribution >= 0.6 is 11.3 Å². The Kier molecular flexibility index (Phi) is 7.69. The second kappa shape index (κ2) is 13.6. The van der Waals surface area contributed by atoms with E-state index in [2.05, 4.69) is 194 Å². The summed E-state index contributed by atoms with van der Waals surface area (Å²) in [7, 11) is 0. The Morgan fingerprint density at radius 3 is 1.44 bits per heavy atom. The zero-order chi connectivity index (χ0) is 40.8. The number of aromatic nitrogens is 3. The van der Waals surface area contributed by atoms with Gasteiger partial charge in [0.05, 0.1) is 5.41 Å². The number of thiophene rings is 1. The number of hydrogen-bond donors (Lipinski definition) is 0.